The molecule has 0 amide bonds. The summed E-state index contributed by atoms with van der Waals surface area (Å²) in [5, 5.41) is 12.8. The maximum Gasteiger partial charge on any atom is 0.310 e. The molecule has 4 nitrogen and oxygen atoms in total. The number of piperidine rings is 1. The number of carbonyl (C=O) groups is 1. The van der Waals surface area contributed by atoms with E-state index in [0.29, 0.717) is 13.0 Å². The van der Waals surface area contributed by atoms with Crippen LogP contribution in [0.2, 0.25) is 0 Å². The Balaban J connectivity index is 1.69. The molecule has 1 fully saturated rings. The number of aliphatic carboxylic acids is 1. The van der Waals surface area contributed by atoms with E-state index in [9.17, 15) is 9.90 Å². The first-order valence-corrected chi connectivity index (χ1v) is 7.38. The number of fused-ring (bicyclic) bond motifs is 1. The lowest BCUT2D eigenvalue weighted by atomic mass is 9.76. The van der Waals surface area contributed by atoms with Crippen molar-refractivity contribution >= 4 is 5.97 Å². The lowest BCUT2D eigenvalue weighted by molar-refractivity contribution is -0.150. The van der Waals surface area contributed by atoms with Crippen LogP contribution in [0.4, 0.5) is 0 Å². The molecular formula is C16H21NO3. The summed E-state index contributed by atoms with van der Waals surface area (Å²) in [5.41, 5.74) is 1.89. The van der Waals surface area contributed by atoms with Gasteiger partial charge in [-0.1, -0.05) is 12.1 Å². The zero-order valence-corrected chi connectivity index (χ0v) is 11.7. The Hall–Kier alpha value is -1.55. The zero-order chi connectivity index (χ0) is 14.0. The van der Waals surface area contributed by atoms with Crippen LogP contribution in [0.5, 0.6) is 5.75 Å². The van der Waals surface area contributed by atoms with Crippen molar-refractivity contribution in [3.63, 3.8) is 0 Å². The Morgan fingerprint density at radius 2 is 2.35 bits per heavy atom. The molecular weight excluding hydrogens is 254 g/mol. The lowest BCUT2D eigenvalue weighted by Gasteiger charge is -2.33. The minimum absolute atomic E-state index is 0.590. The van der Waals surface area contributed by atoms with E-state index in [1.165, 1.54) is 11.1 Å². The summed E-state index contributed by atoms with van der Waals surface area (Å²) in [5.74, 6) is 0.329. The number of benzene rings is 1. The fourth-order valence-corrected chi connectivity index (χ4v) is 3.25. The first-order chi connectivity index (χ1) is 9.70. The molecule has 1 saturated heterocycles. The molecule has 0 aromatic heterocycles. The predicted octanol–water partition coefficient (Wildman–Crippen LogP) is 2.01. The maximum atomic E-state index is 11.6. The van der Waals surface area contributed by atoms with Crippen molar-refractivity contribution < 1.29 is 14.6 Å². The average Bonchev–Trinajstić information content (AvgIpc) is 2.93. The SMILES string of the molecule is O=C(O)C1(CCc2ccc3c(c2)CCO3)CCCNC1. The number of aryl methyl sites for hydroxylation is 1. The van der Waals surface area contributed by atoms with Crippen LogP contribution in [0.25, 0.3) is 0 Å². The molecule has 0 aliphatic carbocycles. The van der Waals surface area contributed by atoms with Gasteiger partial charge >= 0.3 is 5.97 Å². The summed E-state index contributed by atoms with van der Waals surface area (Å²) < 4.78 is 5.50. The number of ether oxygens (including phenoxy) is 1. The van der Waals surface area contributed by atoms with Gasteiger partial charge in [0.1, 0.15) is 5.75 Å². The van der Waals surface area contributed by atoms with Crippen molar-refractivity contribution in [2.75, 3.05) is 19.7 Å². The standard InChI is InChI=1S/C16H21NO3/c18-15(19)16(6-1-8-17-11-16)7-4-12-2-3-14-13(10-12)5-9-20-14/h2-3,10,17H,1,4-9,11H2,(H,18,19). The highest BCUT2D eigenvalue weighted by Crippen LogP contribution is 2.33. The van der Waals surface area contributed by atoms with Gasteiger partial charge < -0.3 is 15.2 Å². The fraction of sp³-hybridized carbons (Fsp3) is 0.562. The van der Waals surface area contributed by atoms with Crippen LogP contribution < -0.4 is 10.1 Å². The lowest BCUT2D eigenvalue weighted by Crippen LogP contribution is -2.45. The normalized spacial score (nSPS) is 25.0. The topological polar surface area (TPSA) is 58.6 Å². The number of nitrogens with one attached hydrogen (secondary N) is 1. The number of rotatable bonds is 4. The van der Waals surface area contributed by atoms with Crippen molar-refractivity contribution in [2.45, 2.75) is 32.1 Å². The highest BCUT2D eigenvalue weighted by Gasteiger charge is 2.39. The van der Waals surface area contributed by atoms with Gasteiger partial charge in [0.15, 0.2) is 0 Å². The Kier molecular flexibility index (Phi) is 3.66. The summed E-state index contributed by atoms with van der Waals surface area (Å²) in [7, 11) is 0. The van der Waals surface area contributed by atoms with Crippen molar-refractivity contribution in [3.05, 3.63) is 29.3 Å². The van der Waals surface area contributed by atoms with E-state index in [1.807, 2.05) is 6.07 Å². The van der Waals surface area contributed by atoms with Gasteiger partial charge in [0.2, 0.25) is 0 Å². The van der Waals surface area contributed by atoms with Gasteiger partial charge in [-0.15, -0.1) is 0 Å². The second-order valence-corrected chi connectivity index (χ2v) is 5.91. The van der Waals surface area contributed by atoms with Crippen LogP contribution in [0.15, 0.2) is 18.2 Å². The van der Waals surface area contributed by atoms with Crippen LogP contribution in [0.1, 0.15) is 30.4 Å². The quantitative estimate of drug-likeness (QED) is 0.882. The van der Waals surface area contributed by atoms with Gasteiger partial charge in [-0.2, -0.15) is 0 Å². The van der Waals surface area contributed by atoms with Crippen molar-refractivity contribution in [1.82, 2.24) is 5.32 Å². The van der Waals surface area contributed by atoms with Gasteiger partial charge in [0, 0.05) is 13.0 Å². The molecule has 2 aliphatic heterocycles. The van der Waals surface area contributed by atoms with Gasteiger partial charge in [-0.05, 0) is 49.4 Å². The Morgan fingerprint density at radius 1 is 1.45 bits per heavy atom. The van der Waals surface area contributed by atoms with E-state index < -0.39 is 11.4 Å². The van der Waals surface area contributed by atoms with Crippen molar-refractivity contribution in [2.24, 2.45) is 5.41 Å². The maximum absolute atomic E-state index is 11.6. The molecule has 1 atom stereocenters. The van der Waals surface area contributed by atoms with Gasteiger partial charge in [0.05, 0.1) is 12.0 Å². The smallest absolute Gasteiger partial charge is 0.310 e. The average molecular weight is 275 g/mol. The van der Waals surface area contributed by atoms with Crippen LogP contribution >= 0.6 is 0 Å². The molecule has 20 heavy (non-hydrogen) atoms. The number of carboxylic acid groups (broad SMARTS) is 1. The van der Waals surface area contributed by atoms with E-state index in [1.54, 1.807) is 0 Å². The summed E-state index contributed by atoms with van der Waals surface area (Å²) in [6, 6.07) is 6.26. The second kappa shape index (κ2) is 5.44. The van der Waals surface area contributed by atoms with Crippen LogP contribution in [-0.4, -0.2) is 30.8 Å². The van der Waals surface area contributed by atoms with E-state index in [0.717, 1.165) is 44.6 Å². The first kappa shape index (κ1) is 13.4. The fourth-order valence-electron chi connectivity index (χ4n) is 3.25. The third-order valence-corrected chi connectivity index (χ3v) is 4.57. The molecule has 2 aliphatic rings. The molecule has 0 saturated carbocycles. The Morgan fingerprint density at radius 3 is 3.10 bits per heavy atom. The monoisotopic (exact) mass is 275 g/mol. The molecule has 3 rings (SSSR count). The van der Waals surface area contributed by atoms with Crippen LogP contribution in [-0.2, 0) is 17.6 Å². The highest BCUT2D eigenvalue weighted by molar-refractivity contribution is 5.75. The predicted molar refractivity (Wildman–Crippen MR) is 76.1 cm³/mol. The summed E-state index contributed by atoms with van der Waals surface area (Å²) in [6.07, 6.45) is 4.22. The highest BCUT2D eigenvalue weighted by atomic mass is 16.5. The molecule has 0 radical (unpaired) electrons. The van der Waals surface area contributed by atoms with Crippen LogP contribution in [0.3, 0.4) is 0 Å². The number of hydrogen-bond acceptors (Lipinski definition) is 3. The van der Waals surface area contributed by atoms with Crippen molar-refractivity contribution in [1.29, 1.82) is 0 Å². The number of carboxylic acids is 1. The summed E-state index contributed by atoms with van der Waals surface area (Å²) in [4.78, 5) is 11.6. The van der Waals surface area contributed by atoms with E-state index >= 15 is 0 Å². The van der Waals surface area contributed by atoms with Crippen LogP contribution in [0, 0.1) is 5.41 Å². The zero-order valence-electron chi connectivity index (χ0n) is 11.7. The van der Waals surface area contributed by atoms with E-state index in [4.69, 9.17) is 4.74 Å². The van der Waals surface area contributed by atoms with E-state index in [2.05, 4.69) is 17.4 Å². The van der Waals surface area contributed by atoms with Gasteiger partial charge in [0.25, 0.3) is 0 Å². The number of hydrogen-bond donors (Lipinski definition) is 2. The third-order valence-electron chi connectivity index (χ3n) is 4.57. The van der Waals surface area contributed by atoms with Crippen molar-refractivity contribution in [3.8, 4) is 5.75 Å². The summed E-state index contributed by atoms with van der Waals surface area (Å²) >= 11 is 0. The van der Waals surface area contributed by atoms with Gasteiger partial charge in [-0.3, -0.25) is 4.79 Å². The minimum atomic E-state index is -0.658. The molecule has 1 aromatic rings. The minimum Gasteiger partial charge on any atom is -0.493 e. The second-order valence-electron chi connectivity index (χ2n) is 5.91. The Bertz CT molecular complexity index is 506. The molecule has 4 heteroatoms. The molecule has 2 N–H and O–H groups in total. The Labute approximate surface area is 119 Å². The molecule has 2 heterocycles. The van der Waals surface area contributed by atoms with E-state index in [-0.39, 0.29) is 0 Å². The molecule has 0 bridgehead atoms. The molecule has 0 spiro atoms. The molecule has 1 unspecified atom stereocenters. The first-order valence-electron chi connectivity index (χ1n) is 7.38. The third kappa shape index (κ3) is 2.52. The molecule has 108 valence electrons. The largest absolute Gasteiger partial charge is 0.493 e. The molecule has 1 aromatic carbocycles. The van der Waals surface area contributed by atoms with Gasteiger partial charge in [-0.25, -0.2) is 0 Å². The summed E-state index contributed by atoms with van der Waals surface area (Å²) in [6.45, 7) is 2.30.